The molecule has 2 aliphatic heterocycles. The maximum absolute atomic E-state index is 12.6. The lowest BCUT2D eigenvalue weighted by Crippen LogP contribution is -2.53. The van der Waals surface area contributed by atoms with E-state index in [4.69, 9.17) is 5.11 Å². The molecule has 2 saturated heterocycles. The summed E-state index contributed by atoms with van der Waals surface area (Å²) >= 11 is 0. The molecule has 2 atom stereocenters. The lowest BCUT2D eigenvalue weighted by molar-refractivity contribution is -0.138. The largest absolute Gasteiger partial charge is 0.481 e. The number of carboxylic acid groups (broad SMARTS) is 1. The maximum Gasteiger partial charge on any atom is 0.318 e. The van der Waals surface area contributed by atoms with Gasteiger partial charge in [0.05, 0.1) is 0 Å². The van der Waals surface area contributed by atoms with Crippen LogP contribution in [0.2, 0.25) is 0 Å². The predicted octanol–water partition coefficient (Wildman–Crippen LogP) is 2.75. The van der Waals surface area contributed by atoms with Gasteiger partial charge in [-0.1, -0.05) is 19.3 Å². The van der Waals surface area contributed by atoms with Gasteiger partial charge in [0.25, 0.3) is 0 Å². The average Bonchev–Trinajstić information content (AvgIpc) is 2.71. The molecule has 0 aromatic carbocycles. The van der Waals surface area contributed by atoms with Gasteiger partial charge in [0.2, 0.25) is 0 Å². The zero-order chi connectivity index (χ0) is 14.8. The Bertz CT molecular complexity index is 392. The molecule has 0 spiro atoms. The standard InChI is InChI=1S/C16H26N2O3/c19-15(20)10-11-8-13-6-7-14(9-11)18(13)16(21)17-12-4-2-1-3-5-12/h11-14H,1-10H2,(H,17,21)(H,19,20). The van der Waals surface area contributed by atoms with Crippen molar-refractivity contribution >= 4 is 12.0 Å². The summed E-state index contributed by atoms with van der Waals surface area (Å²) in [4.78, 5) is 25.5. The van der Waals surface area contributed by atoms with Crippen molar-refractivity contribution in [2.45, 2.75) is 82.3 Å². The number of amides is 2. The molecule has 2 N–H and O–H groups in total. The van der Waals surface area contributed by atoms with Gasteiger partial charge >= 0.3 is 12.0 Å². The quantitative estimate of drug-likeness (QED) is 0.841. The van der Waals surface area contributed by atoms with Gasteiger partial charge in [0.15, 0.2) is 0 Å². The van der Waals surface area contributed by atoms with Gasteiger partial charge in [-0.25, -0.2) is 4.79 Å². The van der Waals surface area contributed by atoms with Crippen LogP contribution in [-0.4, -0.2) is 40.1 Å². The smallest absolute Gasteiger partial charge is 0.318 e. The highest BCUT2D eigenvalue weighted by molar-refractivity contribution is 5.76. The number of carbonyl (C=O) groups is 2. The molecule has 0 radical (unpaired) electrons. The van der Waals surface area contributed by atoms with Gasteiger partial charge in [-0.2, -0.15) is 0 Å². The van der Waals surface area contributed by atoms with Gasteiger partial charge < -0.3 is 15.3 Å². The van der Waals surface area contributed by atoms with Crippen molar-refractivity contribution in [3.05, 3.63) is 0 Å². The van der Waals surface area contributed by atoms with Crippen molar-refractivity contribution in [2.24, 2.45) is 5.92 Å². The van der Waals surface area contributed by atoms with Crippen LogP contribution in [-0.2, 0) is 4.79 Å². The van der Waals surface area contributed by atoms with Crippen LogP contribution >= 0.6 is 0 Å². The fourth-order valence-corrected chi connectivity index (χ4v) is 4.53. The number of hydrogen-bond acceptors (Lipinski definition) is 2. The van der Waals surface area contributed by atoms with E-state index in [-0.39, 0.29) is 30.5 Å². The van der Waals surface area contributed by atoms with Crippen LogP contribution < -0.4 is 5.32 Å². The first-order valence-electron chi connectivity index (χ1n) is 8.44. The third kappa shape index (κ3) is 3.33. The maximum atomic E-state index is 12.6. The second kappa shape index (κ2) is 6.24. The predicted molar refractivity (Wildman–Crippen MR) is 79.0 cm³/mol. The average molecular weight is 294 g/mol. The highest BCUT2D eigenvalue weighted by Crippen LogP contribution is 2.40. The summed E-state index contributed by atoms with van der Waals surface area (Å²) in [7, 11) is 0. The molecule has 5 heteroatoms. The summed E-state index contributed by atoms with van der Waals surface area (Å²) < 4.78 is 0. The third-order valence-corrected chi connectivity index (χ3v) is 5.46. The molecular weight excluding hydrogens is 268 g/mol. The Morgan fingerprint density at radius 1 is 1.00 bits per heavy atom. The van der Waals surface area contributed by atoms with Crippen LogP contribution in [0.5, 0.6) is 0 Å². The topological polar surface area (TPSA) is 69.6 Å². The number of hydrogen-bond donors (Lipinski definition) is 2. The Labute approximate surface area is 126 Å². The molecule has 118 valence electrons. The molecule has 1 saturated carbocycles. The Morgan fingerprint density at radius 2 is 1.62 bits per heavy atom. The lowest BCUT2D eigenvalue weighted by atomic mass is 9.88. The van der Waals surface area contributed by atoms with Crippen molar-refractivity contribution in [1.82, 2.24) is 10.2 Å². The monoisotopic (exact) mass is 294 g/mol. The van der Waals surface area contributed by atoms with E-state index in [0.717, 1.165) is 38.5 Å². The van der Waals surface area contributed by atoms with Crippen molar-refractivity contribution in [3.8, 4) is 0 Å². The number of piperidine rings is 1. The van der Waals surface area contributed by atoms with Gasteiger partial charge in [-0.3, -0.25) is 4.79 Å². The first-order chi connectivity index (χ1) is 10.1. The van der Waals surface area contributed by atoms with Gasteiger partial charge in [-0.15, -0.1) is 0 Å². The van der Waals surface area contributed by atoms with Gasteiger partial charge in [-0.05, 0) is 44.4 Å². The molecule has 2 amide bonds. The van der Waals surface area contributed by atoms with E-state index < -0.39 is 5.97 Å². The van der Waals surface area contributed by atoms with Crippen LogP contribution in [0.1, 0.15) is 64.2 Å². The molecular formula is C16H26N2O3. The molecule has 2 bridgehead atoms. The van der Waals surface area contributed by atoms with Gasteiger partial charge in [0, 0.05) is 24.5 Å². The Hall–Kier alpha value is -1.26. The van der Waals surface area contributed by atoms with E-state index in [0.29, 0.717) is 6.04 Å². The Kier molecular flexibility index (Phi) is 4.36. The van der Waals surface area contributed by atoms with Crippen LogP contribution in [0.25, 0.3) is 0 Å². The molecule has 2 heterocycles. The van der Waals surface area contributed by atoms with Crippen molar-refractivity contribution in [3.63, 3.8) is 0 Å². The number of rotatable bonds is 3. The fraction of sp³-hybridized carbons (Fsp3) is 0.875. The van der Waals surface area contributed by atoms with Crippen LogP contribution in [0.3, 0.4) is 0 Å². The minimum Gasteiger partial charge on any atom is -0.481 e. The first kappa shape index (κ1) is 14.7. The third-order valence-electron chi connectivity index (χ3n) is 5.46. The number of carboxylic acids is 1. The molecule has 2 unspecified atom stereocenters. The number of nitrogens with zero attached hydrogens (tertiary/aromatic N) is 1. The number of nitrogens with one attached hydrogen (secondary N) is 1. The molecule has 0 aromatic rings. The first-order valence-corrected chi connectivity index (χ1v) is 8.44. The summed E-state index contributed by atoms with van der Waals surface area (Å²) in [6.45, 7) is 0. The number of aliphatic carboxylic acids is 1. The lowest BCUT2D eigenvalue weighted by Gasteiger charge is -2.39. The second-order valence-electron chi connectivity index (χ2n) is 7.01. The van der Waals surface area contributed by atoms with Crippen molar-refractivity contribution in [1.29, 1.82) is 0 Å². The van der Waals surface area contributed by atoms with E-state index in [1.54, 1.807) is 0 Å². The zero-order valence-corrected chi connectivity index (χ0v) is 12.6. The minimum absolute atomic E-state index is 0.100. The molecule has 3 fully saturated rings. The van der Waals surface area contributed by atoms with Crippen LogP contribution in [0, 0.1) is 5.92 Å². The second-order valence-corrected chi connectivity index (χ2v) is 7.01. The summed E-state index contributed by atoms with van der Waals surface area (Å²) in [6.07, 6.45) is 10.0. The minimum atomic E-state index is -0.709. The van der Waals surface area contributed by atoms with E-state index in [9.17, 15) is 9.59 Å². The van der Waals surface area contributed by atoms with E-state index in [1.165, 1.54) is 19.3 Å². The Balaban J connectivity index is 1.56. The van der Waals surface area contributed by atoms with Crippen molar-refractivity contribution < 1.29 is 14.7 Å². The fourth-order valence-electron chi connectivity index (χ4n) is 4.53. The molecule has 21 heavy (non-hydrogen) atoms. The summed E-state index contributed by atoms with van der Waals surface area (Å²) in [5, 5.41) is 12.2. The van der Waals surface area contributed by atoms with E-state index in [1.807, 2.05) is 4.90 Å². The van der Waals surface area contributed by atoms with Crippen molar-refractivity contribution in [2.75, 3.05) is 0 Å². The van der Waals surface area contributed by atoms with Gasteiger partial charge in [0.1, 0.15) is 0 Å². The summed E-state index contributed by atoms with van der Waals surface area (Å²) in [5.41, 5.74) is 0. The molecule has 1 aliphatic carbocycles. The molecule has 5 nitrogen and oxygen atoms in total. The normalized spacial score (nSPS) is 33.0. The Morgan fingerprint density at radius 3 is 2.19 bits per heavy atom. The highest BCUT2D eigenvalue weighted by Gasteiger charge is 2.43. The number of fused-ring (bicyclic) bond motifs is 2. The summed E-state index contributed by atoms with van der Waals surface area (Å²) in [5.74, 6) is -0.460. The SMILES string of the molecule is O=C(O)CC1CC2CCC(C1)N2C(=O)NC1CCCCC1. The number of urea groups is 1. The number of carbonyl (C=O) groups excluding carboxylic acids is 1. The highest BCUT2D eigenvalue weighted by atomic mass is 16.4. The summed E-state index contributed by atoms with van der Waals surface area (Å²) in [6, 6.07) is 0.971. The van der Waals surface area contributed by atoms with E-state index >= 15 is 0 Å². The molecule has 0 aromatic heterocycles. The van der Waals surface area contributed by atoms with Crippen LogP contribution in [0.4, 0.5) is 4.79 Å². The van der Waals surface area contributed by atoms with Crippen LogP contribution in [0.15, 0.2) is 0 Å². The molecule has 3 rings (SSSR count). The van der Waals surface area contributed by atoms with E-state index in [2.05, 4.69) is 5.32 Å². The zero-order valence-electron chi connectivity index (χ0n) is 12.6. The molecule has 3 aliphatic rings.